The molecular formula is C18H23N7O6S. The van der Waals surface area contributed by atoms with Crippen molar-refractivity contribution >= 4 is 40.0 Å². The van der Waals surface area contributed by atoms with Gasteiger partial charge >= 0.3 is 5.97 Å². The number of nitrogen functional groups attached to an aromatic ring is 1. The van der Waals surface area contributed by atoms with Crippen LogP contribution in [0.4, 0.5) is 5.13 Å². The second-order valence-electron chi connectivity index (χ2n) is 6.48. The van der Waals surface area contributed by atoms with Crippen LogP contribution in [0.25, 0.3) is 0 Å². The predicted octanol–water partition coefficient (Wildman–Crippen LogP) is -1.33. The maximum absolute atomic E-state index is 11.2. The molecule has 0 bridgehead atoms. The van der Waals surface area contributed by atoms with Crippen LogP contribution in [0, 0.1) is 0 Å². The summed E-state index contributed by atoms with van der Waals surface area (Å²) in [4.78, 5) is 41.9. The van der Waals surface area contributed by atoms with Crippen molar-refractivity contribution < 1.29 is 29.4 Å². The largest absolute Gasteiger partial charge is 0.508 e. The molecule has 172 valence electrons. The number of thiazole rings is 1. The highest BCUT2D eigenvalue weighted by Crippen LogP contribution is 2.14. The van der Waals surface area contributed by atoms with E-state index in [2.05, 4.69) is 15.5 Å². The topological polar surface area (TPSA) is 228 Å². The molecule has 14 heteroatoms. The van der Waals surface area contributed by atoms with Crippen LogP contribution in [0.15, 0.2) is 34.8 Å². The lowest BCUT2D eigenvalue weighted by Crippen LogP contribution is -2.45. The first-order chi connectivity index (χ1) is 15.2. The minimum Gasteiger partial charge on any atom is -0.508 e. The number of nitrogens with one attached hydrogen (secondary N) is 2. The van der Waals surface area contributed by atoms with E-state index in [0.29, 0.717) is 19.4 Å². The van der Waals surface area contributed by atoms with Crippen molar-refractivity contribution in [1.82, 2.24) is 15.7 Å². The van der Waals surface area contributed by atoms with E-state index < -0.39 is 24.0 Å². The molecule has 3 rings (SSSR count). The van der Waals surface area contributed by atoms with Gasteiger partial charge in [-0.1, -0.05) is 17.3 Å². The Morgan fingerprint density at radius 2 is 2.06 bits per heavy atom. The number of oxime groups is 1. The number of anilines is 1. The zero-order valence-electron chi connectivity index (χ0n) is 16.7. The van der Waals surface area contributed by atoms with Crippen LogP contribution in [0.2, 0.25) is 0 Å². The average Bonchev–Trinajstić information content (AvgIpc) is 3.37. The normalized spacial score (nSPS) is 16.4. The van der Waals surface area contributed by atoms with Gasteiger partial charge in [-0.05, 0) is 24.1 Å². The third-order valence-electron chi connectivity index (χ3n) is 4.11. The number of carboxylic acid groups (broad SMARTS) is 1. The number of hydrogen-bond donors (Lipinski definition) is 7. The molecule has 1 fully saturated rings. The molecule has 0 saturated carbocycles. The molecule has 13 nitrogen and oxygen atoms in total. The highest BCUT2D eigenvalue weighted by molar-refractivity contribution is 7.13. The van der Waals surface area contributed by atoms with E-state index in [4.69, 9.17) is 32.4 Å². The molecular weight excluding hydrogens is 442 g/mol. The molecule has 1 aliphatic heterocycles. The molecule has 1 aliphatic rings. The van der Waals surface area contributed by atoms with Crippen molar-refractivity contribution in [3.05, 3.63) is 40.9 Å². The van der Waals surface area contributed by atoms with Crippen molar-refractivity contribution in [2.75, 3.05) is 12.3 Å². The average molecular weight is 465 g/mol. The highest BCUT2D eigenvalue weighted by atomic mass is 32.1. The quantitative estimate of drug-likeness (QED) is 0.110. The van der Waals surface area contributed by atoms with Gasteiger partial charge in [0.05, 0.1) is 6.04 Å². The minimum atomic E-state index is -1.29. The summed E-state index contributed by atoms with van der Waals surface area (Å²) in [5.41, 5.74) is 13.6. The number of carbonyl (C=O) groups excluding carboxylic acids is 2. The van der Waals surface area contributed by atoms with Gasteiger partial charge in [-0.15, -0.1) is 11.3 Å². The summed E-state index contributed by atoms with van der Waals surface area (Å²) in [5.74, 6) is 3.12. The first-order valence-electron chi connectivity index (χ1n) is 9.21. The third-order valence-corrected chi connectivity index (χ3v) is 4.78. The Bertz CT molecular complexity index is 978. The summed E-state index contributed by atoms with van der Waals surface area (Å²) >= 11 is 1.10. The number of rotatable bonds is 7. The van der Waals surface area contributed by atoms with Gasteiger partial charge in [-0.2, -0.15) is 0 Å². The molecule has 2 atom stereocenters. The number of phenolic OH excluding ortho intramolecular Hbond substituents is 1. The molecule has 32 heavy (non-hydrogen) atoms. The number of carboxylic acids is 1. The molecule has 2 aromatic rings. The fourth-order valence-corrected chi connectivity index (χ4v) is 3.01. The van der Waals surface area contributed by atoms with Gasteiger partial charge in [0, 0.05) is 18.3 Å². The number of benzene rings is 1. The van der Waals surface area contributed by atoms with Crippen LogP contribution in [0.1, 0.15) is 17.7 Å². The van der Waals surface area contributed by atoms with Crippen molar-refractivity contribution in [2.45, 2.75) is 25.0 Å². The second kappa shape index (κ2) is 11.6. The number of amides is 2. The Morgan fingerprint density at radius 3 is 2.56 bits per heavy atom. The Labute approximate surface area is 186 Å². The van der Waals surface area contributed by atoms with Crippen molar-refractivity contribution in [2.24, 2.45) is 16.7 Å². The molecule has 0 spiro atoms. The van der Waals surface area contributed by atoms with E-state index in [9.17, 15) is 14.4 Å². The lowest BCUT2D eigenvalue weighted by atomic mass is 10.1. The molecule has 0 radical (unpaired) electrons. The maximum Gasteiger partial charge on any atom is 0.360 e. The number of carbonyl (C=O) groups is 3. The van der Waals surface area contributed by atoms with Crippen LogP contribution in [0.5, 0.6) is 5.75 Å². The molecule has 1 aromatic carbocycles. The van der Waals surface area contributed by atoms with Crippen LogP contribution >= 0.6 is 11.3 Å². The van der Waals surface area contributed by atoms with Crippen LogP contribution < -0.4 is 28.1 Å². The smallest absolute Gasteiger partial charge is 0.360 e. The Hall–Kier alpha value is -3.75. The van der Waals surface area contributed by atoms with Gasteiger partial charge in [0.25, 0.3) is 11.8 Å². The molecule has 1 saturated heterocycles. The standard InChI is InChI=1S/C9H10N4O4S.C9H13N3O2/c10-9-12-4(3-18-9)6(8(15)16)13-17-5-1-2-11-7(5)14;10-8(9(14)12-11)5-6-1-3-7(13)4-2-6/h3,5H,1-2H2,(H2,10,12)(H,11,14)(H,15,16);1-4,8,13H,5,10-11H2,(H,12,14)/b13-6-;/t5-;8-/m00/s1. The summed E-state index contributed by atoms with van der Waals surface area (Å²) in [7, 11) is 0. The lowest BCUT2D eigenvalue weighted by molar-refractivity contribution is -0.131. The fourth-order valence-electron chi connectivity index (χ4n) is 2.47. The molecule has 0 aliphatic carbocycles. The number of hydrazine groups is 1. The van der Waals surface area contributed by atoms with E-state index in [1.807, 2.05) is 5.43 Å². The summed E-state index contributed by atoms with van der Waals surface area (Å²) in [5, 5.41) is 25.7. The number of hydrogen-bond acceptors (Lipinski definition) is 11. The zero-order chi connectivity index (χ0) is 23.7. The van der Waals surface area contributed by atoms with Crippen LogP contribution in [-0.4, -0.2) is 57.4 Å². The van der Waals surface area contributed by atoms with Gasteiger partial charge in [-0.25, -0.2) is 15.6 Å². The van der Waals surface area contributed by atoms with E-state index in [-0.39, 0.29) is 28.2 Å². The number of nitrogens with two attached hydrogens (primary N) is 3. The summed E-state index contributed by atoms with van der Waals surface area (Å²) in [6, 6.07) is 5.84. The fraction of sp³-hybridized carbons (Fsp3) is 0.278. The first kappa shape index (κ1) is 24.5. The van der Waals surface area contributed by atoms with Gasteiger partial charge in [0.15, 0.2) is 5.13 Å². The van der Waals surface area contributed by atoms with Crippen molar-refractivity contribution in [1.29, 1.82) is 0 Å². The minimum absolute atomic E-state index is 0.114. The van der Waals surface area contributed by atoms with E-state index in [1.165, 1.54) is 5.38 Å². The third kappa shape index (κ3) is 7.19. The van der Waals surface area contributed by atoms with Crippen LogP contribution in [0.3, 0.4) is 0 Å². The monoisotopic (exact) mass is 465 g/mol. The molecule has 1 aromatic heterocycles. The molecule has 2 heterocycles. The Balaban J connectivity index is 0.000000235. The van der Waals surface area contributed by atoms with E-state index >= 15 is 0 Å². The SMILES string of the molecule is NNC(=O)[C@@H](N)Cc1ccc(O)cc1.Nc1nc(/C(=N/O[C@H]2CCNC2=O)C(=O)O)cs1. The molecule has 10 N–H and O–H groups in total. The van der Waals surface area contributed by atoms with Gasteiger partial charge in [0.1, 0.15) is 11.4 Å². The summed E-state index contributed by atoms with van der Waals surface area (Å²) in [6.07, 6.45) is 0.0907. The molecule has 0 unspecified atom stereocenters. The summed E-state index contributed by atoms with van der Waals surface area (Å²) in [6.45, 7) is 0.491. The van der Waals surface area contributed by atoms with Crippen molar-refractivity contribution in [3.63, 3.8) is 0 Å². The van der Waals surface area contributed by atoms with Gasteiger partial charge < -0.3 is 31.8 Å². The lowest BCUT2D eigenvalue weighted by Gasteiger charge is -2.09. The Morgan fingerprint density at radius 1 is 1.38 bits per heavy atom. The predicted molar refractivity (Wildman–Crippen MR) is 115 cm³/mol. The number of nitrogens with zero attached hydrogens (tertiary/aromatic N) is 2. The van der Waals surface area contributed by atoms with Crippen LogP contribution in [-0.2, 0) is 25.6 Å². The summed E-state index contributed by atoms with van der Waals surface area (Å²) < 4.78 is 0. The Kier molecular flexibility index (Phi) is 8.88. The molecule has 2 amide bonds. The van der Waals surface area contributed by atoms with Gasteiger partial charge in [-0.3, -0.25) is 15.0 Å². The van der Waals surface area contributed by atoms with E-state index in [1.54, 1.807) is 24.3 Å². The first-order valence-corrected chi connectivity index (χ1v) is 10.1. The number of aromatic hydroxyl groups is 1. The number of aliphatic carboxylic acids is 1. The van der Waals surface area contributed by atoms with Crippen molar-refractivity contribution in [3.8, 4) is 5.75 Å². The zero-order valence-corrected chi connectivity index (χ0v) is 17.5. The van der Waals surface area contributed by atoms with E-state index in [0.717, 1.165) is 16.9 Å². The van der Waals surface area contributed by atoms with Gasteiger partial charge in [0.2, 0.25) is 11.8 Å². The second-order valence-corrected chi connectivity index (χ2v) is 7.37. The highest BCUT2D eigenvalue weighted by Gasteiger charge is 2.27. The maximum atomic E-state index is 11.2. The number of aromatic nitrogens is 1. The number of phenols is 1.